The van der Waals surface area contributed by atoms with Gasteiger partial charge >= 0.3 is 5.97 Å². The van der Waals surface area contributed by atoms with Crippen LogP contribution in [0.25, 0.3) is 0 Å². The van der Waals surface area contributed by atoms with Gasteiger partial charge in [-0.2, -0.15) is 0 Å². The van der Waals surface area contributed by atoms with Gasteiger partial charge in [0.05, 0.1) is 18.1 Å². The molecule has 0 aromatic carbocycles. The minimum atomic E-state index is -0.710. The lowest BCUT2D eigenvalue weighted by Crippen LogP contribution is -2.23. The highest BCUT2D eigenvalue weighted by Crippen LogP contribution is 2.46. The molecule has 0 amide bonds. The van der Waals surface area contributed by atoms with E-state index < -0.39 is 11.4 Å². The second kappa shape index (κ2) is 2.81. The molecule has 0 heterocycles. The van der Waals surface area contributed by atoms with Crippen molar-refractivity contribution in [2.75, 3.05) is 6.61 Å². The van der Waals surface area contributed by atoms with Crippen LogP contribution in [0.4, 0.5) is 0 Å². The zero-order valence-electron chi connectivity index (χ0n) is 6.96. The SMILES string of the molecule is CC(C)OCC1(C(=O)O)CC1. The van der Waals surface area contributed by atoms with E-state index in [1.165, 1.54) is 0 Å². The normalized spacial score (nSPS) is 20.3. The summed E-state index contributed by atoms with van der Waals surface area (Å²) < 4.78 is 5.25. The van der Waals surface area contributed by atoms with E-state index >= 15 is 0 Å². The van der Waals surface area contributed by atoms with Gasteiger partial charge in [0.1, 0.15) is 0 Å². The zero-order chi connectivity index (χ0) is 8.48. The highest BCUT2D eigenvalue weighted by Gasteiger charge is 2.50. The van der Waals surface area contributed by atoms with Crippen molar-refractivity contribution in [2.45, 2.75) is 32.8 Å². The average molecular weight is 158 g/mol. The van der Waals surface area contributed by atoms with Gasteiger partial charge in [-0.3, -0.25) is 4.79 Å². The fourth-order valence-electron chi connectivity index (χ4n) is 0.897. The van der Waals surface area contributed by atoms with E-state index in [0.717, 1.165) is 12.8 Å². The topological polar surface area (TPSA) is 46.5 Å². The summed E-state index contributed by atoms with van der Waals surface area (Å²) in [4.78, 5) is 10.6. The van der Waals surface area contributed by atoms with Crippen LogP contribution in [0.15, 0.2) is 0 Å². The van der Waals surface area contributed by atoms with Crippen molar-refractivity contribution in [3.05, 3.63) is 0 Å². The van der Waals surface area contributed by atoms with Crippen LogP contribution in [0.1, 0.15) is 26.7 Å². The van der Waals surface area contributed by atoms with E-state index in [9.17, 15) is 4.79 Å². The maximum Gasteiger partial charge on any atom is 0.311 e. The molecule has 1 aliphatic carbocycles. The van der Waals surface area contributed by atoms with Gasteiger partial charge in [-0.25, -0.2) is 0 Å². The van der Waals surface area contributed by atoms with Crippen molar-refractivity contribution >= 4 is 5.97 Å². The van der Waals surface area contributed by atoms with Crippen LogP contribution in [0.5, 0.6) is 0 Å². The van der Waals surface area contributed by atoms with Crippen molar-refractivity contribution in [2.24, 2.45) is 5.41 Å². The highest BCUT2D eigenvalue weighted by molar-refractivity contribution is 5.77. The minimum absolute atomic E-state index is 0.131. The Morgan fingerprint density at radius 1 is 1.64 bits per heavy atom. The molecule has 0 aromatic heterocycles. The Kier molecular flexibility index (Phi) is 2.18. The molecule has 1 N–H and O–H groups in total. The first-order valence-electron chi connectivity index (χ1n) is 3.92. The van der Waals surface area contributed by atoms with Crippen LogP contribution in [0.3, 0.4) is 0 Å². The molecule has 64 valence electrons. The Bertz CT molecular complexity index is 159. The van der Waals surface area contributed by atoms with Crippen LogP contribution in [-0.4, -0.2) is 23.8 Å². The number of hydrogen-bond donors (Lipinski definition) is 1. The zero-order valence-corrected chi connectivity index (χ0v) is 6.96. The van der Waals surface area contributed by atoms with Crippen molar-refractivity contribution in [3.8, 4) is 0 Å². The number of carbonyl (C=O) groups is 1. The molecule has 3 heteroatoms. The molecule has 0 saturated heterocycles. The maximum absolute atomic E-state index is 10.6. The lowest BCUT2D eigenvalue weighted by Gasteiger charge is -2.12. The number of aliphatic carboxylic acids is 1. The highest BCUT2D eigenvalue weighted by atomic mass is 16.5. The molecule has 1 saturated carbocycles. The summed E-state index contributed by atoms with van der Waals surface area (Å²) in [5.41, 5.74) is -0.524. The predicted molar refractivity (Wildman–Crippen MR) is 40.4 cm³/mol. The fraction of sp³-hybridized carbons (Fsp3) is 0.875. The van der Waals surface area contributed by atoms with Gasteiger partial charge in [0, 0.05) is 0 Å². The Balaban J connectivity index is 2.31. The van der Waals surface area contributed by atoms with E-state index in [1.807, 2.05) is 13.8 Å². The van der Waals surface area contributed by atoms with Gasteiger partial charge in [-0.15, -0.1) is 0 Å². The van der Waals surface area contributed by atoms with Crippen molar-refractivity contribution in [1.29, 1.82) is 0 Å². The second-order valence-electron chi connectivity index (χ2n) is 3.45. The van der Waals surface area contributed by atoms with Crippen LogP contribution in [0.2, 0.25) is 0 Å². The summed E-state index contributed by atoms with van der Waals surface area (Å²) >= 11 is 0. The van der Waals surface area contributed by atoms with E-state index in [-0.39, 0.29) is 6.10 Å². The fourth-order valence-corrected chi connectivity index (χ4v) is 0.897. The number of ether oxygens (including phenoxy) is 1. The Morgan fingerprint density at radius 2 is 2.18 bits per heavy atom. The molecule has 0 bridgehead atoms. The lowest BCUT2D eigenvalue weighted by atomic mass is 10.1. The van der Waals surface area contributed by atoms with Crippen molar-refractivity contribution in [3.63, 3.8) is 0 Å². The smallest absolute Gasteiger partial charge is 0.311 e. The Morgan fingerprint density at radius 3 is 2.45 bits per heavy atom. The molecular weight excluding hydrogens is 144 g/mol. The molecule has 1 fully saturated rings. The number of hydrogen-bond acceptors (Lipinski definition) is 2. The van der Waals surface area contributed by atoms with Gasteiger partial charge in [-0.1, -0.05) is 0 Å². The molecule has 0 aliphatic heterocycles. The molecule has 3 nitrogen and oxygen atoms in total. The van der Waals surface area contributed by atoms with Crippen molar-refractivity contribution in [1.82, 2.24) is 0 Å². The summed E-state index contributed by atoms with van der Waals surface area (Å²) in [6.07, 6.45) is 1.68. The first-order chi connectivity index (χ1) is 5.07. The van der Waals surface area contributed by atoms with Gasteiger partial charge in [0.2, 0.25) is 0 Å². The number of carboxylic acids is 1. The summed E-state index contributed by atoms with van der Waals surface area (Å²) in [5, 5.41) is 8.74. The quantitative estimate of drug-likeness (QED) is 0.670. The third-order valence-corrected chi connectivity index (χ3v) is 2.00. The van der Waals surface area contributed by atoms with Crippen LogP contribution in [-0.2, 0) is 9.53 Å². The second-order valence-corrected chi connectivity index (χ2v) is 3.45. The monoisotopic (exact) mass is 158 g/mol. The summed E-state index contributed by atoms with van der Waals surface area (Å²) in [6.45, 7) is 4.20. The third-order valence-electron chi connectivity index (χ3n) is 2.00. The van der Waals surface area contributed by atoms with Crippen LogP contribution < -0.4 is 0 Å². The molecule has 0 atom stereocenters. The van der Waals surface area contributed by atoms with E-state index in [2.05, 4.69) is 0 Å². The van der Waals surface area contributed by atoms with Crippen molar-refractivity contribution < 1.29 is 14.6 Å². The summed E-state index contributed by atoms with van der Waals surface area (Å²) in [5.74, 6) is -0.710. The molecule has 1 rings (SSSR count). The Labute approximate surface area is 66.4 Å². The first-order valence-corrected chi connectivity index (χ1v) is 3.92. The predicted octanol–water partition coefficient (Wildman–Crippen LogP) is 1.28. The van der Waals surface area contributed by atoms with E-state index in [4.69, 9.17) is 9.84 Å². The molecule has 1 aliphatic rings. The molecule has 0 spiro atoms. The molecule has 11 heavy (non-hydrogen) atoms. The van der Waals surface area contributed by atoms with Gasteiger partial charge in [-0.05, 0) is 26.7 Å². The molecule has 0 aromatic rings. The summed E-state index contributed by atoms with van der Waals surface area (Å²) in [6, 6.07) is 0. The average Bonchev–Trinajstić information content (AvgIpc) is 2.63. The molecule has 0 unspecified atom stereocenters. The Hall–Kier alpha value is -0.570. The third kappa shape index (κ3) is 1.93. The standard InChI is InChI=1S/C8H14O3/c1-6(2)11-5-8(3-4-8)7(9)10/h6H,3-5H2,1-2H3,(H,9,10). The molecular formula is C8H14O3. The minimum Gasteiger partial charge on any atom is -0.481 e. The van der Waals surface area contributed by atoms with Gasteiger partial charge in [0.25, 0.3) is 0 Å². The van der Waals surface area contributed by atoms with Gasteiger partial charge in [0.15, 0.2) is 0 Å². The van der Waals surface area contributed by atoms with Crippen LogP contribution in [0, 0.1) is 5.41 Å². The van der Waals surface area contributed by atoms with Gasteiger partial charge < -0.3 is 9.84 Å². The largest absolute Gasteiger partial charge is 0.481 e. The van der Waals surface area contributed by atoms with E-state index in [0.29, 0.717) is 6.61 Å². The van der Waals surface area contributed by atoms with E-state index in [1.54, 1.807) is 0 Å². The maximum atomic E-state index is 10.6. The molecule has 0 radical (unpaired) electrons. The number of carboxylic acid groups (broad SMARTS) is 1. The first kappa shape index (κ1) is 8.53. The lowest BCUT2D eigenvalue weighted by molar-refractivity contribution is -0.146. The summed E-state index contributed by atoms with van der Waals surface area (Å²) in [7, 11) is 0. The van der Waals surface area contributed by atoms with Crippen LogP contribution >= 0.6 is 0 Å². The number of rotatable bonds is 4.